The summed E-state index contributed by atoms with van der Waals surface area (Å²) in [7, 11) is 0. The van der Waals surface area contributed by atoms with Crippen molar-refractivity contribution in [2.45, 2.75) is 116 Å². The average Bonchev–Trinajstić information content (AvgIpc) is 3.27. The molecule has 0 bridgehead atoms. The SMILES string of the molecule is CC(C)CCCC(C)CCc1ccc(-c2cc3c4c(c(-c5ccc(CCC(C)CCCC(C)C)c(F)c5)cc5c4c2N=C(c2ccccc2)S5)N=C(c2ccccc2)S3)cc1F. The molecule has 0 saturated heterocycles. The van der Waals surface area contributed by atoms with Crippen molar-refractivity contribution in [3.05, 3.63) is 143 Å². The highest BCUT2D eigenvalue weighted by atomic mass is 32.2. The third-order valence-corrected chi connectivity index (χ3v) is 14.8. The van der Waals surface area contributed by atoms with Crippen molar-refractivity contribution in [2.75, 3.05) is 0 Å². The zero-order valence-electron chi connectivity index (χ0n) is 37.2. The number of rotatable bonds is 18. The summed E-state index contributed by atoms with van der Waals surface area (Å²) in [6, 6.07) is 36.5. The van der Waals surface area contributed by atoms with Crippen molar-refractivity contribution in [3.63, 3.8) is 0 Å². The molecule has 2 aliphatic heterocycles. The molecule has 0 saturated carbocycles. The van der Waals surface area contributed by atoms with Gasteiger partial charge in [0.1, 0.15) is 21.7 Å². The van der Waals surface area contributed by atoms with Crippen molar-refractivity contribution >= 4 is 55.8 Å². The van der Waals surface area contributed by atoms with Crippen molar-refractivity contribution in [1.82, 2.24) is 0 Å². The van der Waals surface area contributed by atoms with Gasteiger partial charge in [-0.15, -0.1) is 0 Å². The predicted molar refractivity (Wildman–Crippen MR) is 264 cm³/mol. The summed E-state index contributed by atoms with van der Waals surface area (Å²) in [5, 5.41) is 3.76. The zero-order valence-corrected chi connectivity index (χ0v) is 38.9. The fourth-order valence-electron chi connectivity index (χ4n) is 8.90. The van der Waals surface area contributed by atoms with Gasteiger partial charge >= 0.3 is 0 Å². The minimum absolute atomic E-state index is 0.170. The van der Waals surface area contributed by atoms with Crippen LogP contribution in [0.15, 0.2) is 129 Å². The first-order valence-corrected chi connectivity index (χ1v) is 24.5. The number of halogens is 2. The minimum Gasteiger partial charge on any atom is -0.240 e. The van der Waals surface area contributed by atoms with Gasteiger partial charge in [0.25, 0.3) is 0 Å². The summed E-state index contributed by atoms with van der Waals surface area (Å²) in [5.41, 5.74) is 8.59. The summed E-state index contributed by atoms with van der Waals surface area (Å²) in [6.07, 6.45) is 10.7. The van der Waals surface area contributed by atoms with E-state index in [1.165, 1.54) is 38.5 Å². The first kappa shape index (κ1) is 44.1. The largest absolute Gasteiger partial charge is 0.240 e. The molecule has 8 rings (SSSR count). The topological polar surface area (TPSA) is 24.7 Å². The third-order valence-electron chi connectivity index (χ3n) is 12.7. The van der Waals surface area contributed by atoms with E-state index in [-0.39, 0.29) is 11.6 Å². The van der Waals surface area contributed by atoms with Gasteiger partial charge in [0, 0.05) is 42.8 Å². The van der Waals surface area contributed by atoms with E-state index in [2.05, 4.69) is 90.1 Å². The van der Waals surface area contributed by atoms with E-state index in [9.17, 15) is 0 Å². The Morgan fingerprint density at radius 1 is 0.452 bits per heavy atom. The molecule has 0 aliphatic carbocycles. The van der Waals surface area contributed by atoms with Crippen molar-refractivity contribution < 1.29 is 8.78 Å². The summed E-state index contributed by atoms with van der Waals surface area (Å²) in [6.45, 7) is 13.7. The van der Waals surface area contributed by atoms with Crippen LogP contribution in [0.1, 0.15) is 115 Å². The quantitative estimate of drug-likeness (QED) is 0.0860. The first-order chi connectivity index (χ1) is 30.0. The van der Waals surface area contributed by atoms with E-state index in [4.69, 9.17) is 9.98 Å². The molecule has 6 aromatic rings. The van der Waals surface area contributed by atoms with Gasteiger partial charge in [0.05, 0.1) is 11.4 Å². The van der Waals surface area contributed by atoms with E-state index in [1.54, 1.807) is 35.7 Å². The number of nitrogens with zero attached hydrogens (tertiary/aromatic N) is 2. The lowest BCUT2D eigenvalue weighted by molar-refractivity contribution is 0.434. The molecule has 0 aromatic heterocycles. The lowest BCUT2D eigenvalue weighted by Crippen LogP contribution is -2.05. The predicted octanol–water partition coefficient (Wildman–Crippen LogP) is 17.6. The monoisotopic (exact) mass is 862 g/mol. The van der Waals surface area contributed by atoms with Crippen LogP contribution < -0.4 is 0 Å². The van der Waals surface area contributed by atoms with Gasteiger partial charge in [0.2, 0.25) is 0 Å². The van der Waals surface area contributed by atoms with E-state index in [1.807, 2.05) is 48.5 Å². The third kappa shape index (κ3) is 10.1. The van der Waals surface area contributed by atoms with Gasteiger partial charge in [-0.3, -0.25) is 0 Å². The van der Waals surface area contributed by atoms with Crippen LogP contribution in [-0.4, -0.2) is 10.1 Å². The molecule has 2 nitrogen and oxygen atoms in total. The molecule has 2 aliphatic rings. The Labute approximate surface area is 377 Å². The molecule has 0 spiro atoms. The molecule has 0 N–H and O–H groups in total. The summed E-state index contributed by atoms with van der Waals surface area (Å²) < 4.78 is 32.5. The molecule has 62 heavy (non-hydrogen) atoms. The Morgan fingerprint density at radius 3 is 1.23 bits per heavy atom. The highest BCUT2D eigenvalue weighted by molar-refractivity contribution is 8.15. The van der Waals surface area contributed by atoms with E-state index >= 15 is 8.78 Å². The highest BCUT2D eigenvalue weighted by Gasteiger charge is 2.30. The zero-order chi connectivity index (χ0) is 43.3. The number of aryl methyl sites for hydroxylation is 2. The Balaban J connectivity index is 1.22. The number of hydrogen-bond donors (Lipinski definition) is 0. The average molecular weight is 863 g/mol. The maximum atomic E-state index is 16.2. The lowest BCUT2D eigenvalue weighted by atomic mass is 9.91. The second-order valence-electron chi connectivity index (χ2n) is 18.6. The Hall–Kier alpha value is -4.52. The van der Waals surface area contributed by atoms with Gasteiger partial charge in [-0.2, -0.15) is 0 Å². The summed E-state index contributed by atoms with van der Waals surface area (Å²) in [4.78, 5) is 12.9. The van der Waals surface area contributed by atoms with E-state index < -0.39 is 0 Å². The fraction of sp³-hybridized carbons (Fsp3) is 0.357. The van der Waals surface area contributed by atoms with Crippen molar-refractivity contribution in [1.29, 1.82) is 0 Å². The molecule has 6 aromatic carbocycles. The maximum Gasteiger partial charge on any atom is 0.127 e. The molecule has 0 amide bonds. The van der Waals surface area contributed by atoms with Crippen molar-refractivity contribution in [3.8, 4) is 22.3 Å². The van der Waals surface area contributed by atoms with Gasteiger partial charge in [-0.05, 0) is 95.9 Å². The standard InChI is InChI=1S/C56H60F2N2S2/c1-35(2)15-13-17-37(5)23-25-39-27-29-43(31-47(39)57)45-33-49-52-51-50(62-55(59-53(45)51)41-19-9-7-10-20-41)34-46(54(52)60-56(61-49)42-21-11-8-12-22-42)44-30-28-40(48(58)32-44)26-24-38(6)18-14-16-36(3)4/h7-12,19-22,27-38H,13-18,23-26H2,1-6H3. The number of benzene rings is 6. The fourth-order valence-corrected chi connectivity index (χ4v) is 11.1. The second kappa shape index (κ2) is 19.9. The van der Waals surface area contributed by atoms with Gasteiger partial charge in [-0.1, -0.05) is 189 Å². The number of thioether (sulfide) groups is 2. The van der Waals surface area contributed by atoms with Gasteiger partial charge in [-0.25, -0.2) is 18.8 Å². The van der Waals surface area contributed by atoms with Crippen LogP contribution in [0.4, 0.5) is 20.2 Å². The van der Waals surface area contributed by atoms with Crippen LogP contribution in [0, 0.1) is 35.3 Å². The lowest BCUT2D eigenvalue weighted by Gasteiger charge is -2.27. The normalized spacial score (nSPS) is 14.4. The number of aliphatic imine (C=N–C) groups is 2. The van der Waals surface area contributed by atoms with E-state index in [0.29, 0.717) is 23.7 Å². The molecule has 0 radical (unpaired) electrons. The van der Waals surface area contributed by atoms with Gasteiger partial charge in [0.15, 0.2) is 0 Å². The maximum absolute atomic E-state index is 16.2. The van der Waals surface area contributed by atoms with E-state index in [0.717, 1.165) is 112 Å². The Morgan fingerprint density at radius 2 is 0.855 bits per heavy atom. The second-order valence-corrected chi connectivity index (χ2v) is 20.7. The Bertz CT molecular complexity index is 2420. The highest BCUT2D eigenvalue weighted by Crippen LogP contribution is 2.57. The summed E-state index contributed by atoms with van der Waals surface area (Å²) >= 11 is 3.27. The molecular weight excluding hydrogens is 803 g/mol. The molecule has 320 valence electrons. The molecule has 0 fully saturated rings. The van der Waals surface area contributed by atoms with Crippen LogP contribution in [0.25, 0.3) is 33.0 Å². The van der Waals surface area contributed by atoms with Crippen LogP contribution in [0.3, 0.4) is 0 Å². The van der Waals surface area contributed by atoms with Crippen molar-refractivity contribution in [2.24, 2.45) is 33.7 Å². The molecule has 2 unspecified atom stereocenters. The first-order valence-electron chi connectivity index (χ1n) is 22.9. The molecule has 2 heterocycles. The van der Waals surface area contributed by atoms with Crippen LogP contribution in [0.2, 0.25) is 0 Å². The number of hydrogen-bond acceptors (Lipinski definition) is 4. The van der Waals surface area contributed by atoms with Crippen LogP contribution >= 0.6 is 23.5 Å². The summed E-state index contributed by atoms with van der Waals surface area (Å²) in [5.74, 6) is 2.19. The molecule has 2 atom stereocenters. The van der Waals surface area contributed by atoms with Gasteiger partial charge < -0.3 is 0 Å². The Kier molecular flexibility index (Phi) is 14.2. The smallest absolute Gasteiger partial charge is 0.127 e. The minimum atomic E-state index is -0.170. The molecule has 6 heteroatoms. The van der Waals surface area contributed by atoms with Crippen LogP contribution in [-0.2, 0) is 12.8 Å². The van der Waals surface area contributed by atoms with Crippen LogP contribution in [0.5, 0.6) is 0 Å². The molecular formula is C56H60F2N2S2.